The molecule has 2 aromatic carbocycles. The fourth-order valence-electron chi connectivity index (χ4n) is 2.03. The van der Waals surface area contributed by atoms with E-state index in [9.17, 15) is 23.2 Å². The summed E-state index contributed by atoms with van der Waals surface area (Å²) < 4.78 is 32.2. The number of rotatable bonds is 6. The number of hydrogen-bond donors (Lipinski definition) is 1. The van der Waals surface area contributed by atoms with Crippen molar-refractivity contribution in [2.45, 2.75) is 11.8 Å². The van der Waals surface area contributed by atoms with Crippen LogP contribution in [0, 0.1) is 11.6 Å². The Hall–Kier alpha value is -2.74. The molecule has 0 heterocycles. The molecule has 0 aliphatic heterocycles. The average Bonchev–Trinajstić information content (AvgIpc) is 2.61. The van der Waals surface area contributed by atoms with E-state index in [1.165, 1.54) is 32.2 Å². The zero-order valence-corrected chi connectivity index (χ0v) is 14.8. The number of carbonyl (C=O) groups is 3. The number of thioether (sulfide) groups is 1. The Kier molecular flexibility index (Phi) is 6.46. The molecule has 0 aliphatic carbocycles. The zero-order valence-electron chi connectivity index (χ0n) is 14.0. The minimum Gasteiger partial charge on any atom is -0.465 e. The maximum absolute atomic E-state index is 13.9. The number of hydrogen-bond acceptors (Lipinski definition) is 5. The van der Waals surface area contributed by atoms with Gasteiger partial charge in [-0.2, -0.15) is 0 Å². The van der Waals surface area contributed by atoms with E-state index in [0.717, 1.165) is 30.0 Å². The maximum Gasteiger partial charge on any atom is 0.337 e. The molecule has 8 heteroatoms. The van der Waals surface area contributed by atoms with Crippen LogP contribution in [0.3, 0.4) is 0 Å². The van der Waals surface area contributed by atoms with E-state index in [4.69, 9.17) is 0 Å². The zero-order chi connectivity index (χ0) is 19.3. The molecule has 0 atom stereocenters. The minimum atomic E-state index is -0.715. The lowest BCUT2D eigenvalue weighted by Crippen LogP contribution is -2.16. The van der Waals surface area contributed by atoms with E-state index in [0.29, 0.717) is 0 Å². The summed E-state index contributed by atoms with van der Waals surface area (Å²) in [4.78, 5) is 34.8. The average molecular weight is 379 g/mol. The van der Waals surface area contributed by atoms with E-state index in [1.54, 1.807) is 0 Å². The van der Waals surface area contributed by atoms with Crippen LogP contribution in [0.1, 0.15) is 27.6 Å². The highest BCUT2D eigenvalue weighted by Crippen LogP contribution is 2.24. The molecular formula is C18H15F2NO4S. The van der Waals surface area contributed by atoms with E-state index in [1.807, 2.05) is 0 Å². The summed E-state index contributed by atoms with van der Waals surface area (Å²) in [6, 6.07) is 7.40. The third-order valence-corrected chi connectivity index (χ3v) is 4.41. The fourth-order valence-corrected chi connectivity index (χ4v) is 2.75. The standard InChI is InChI=1S/C18H15F2NO4S/c1-10(22)11-4-6-16(14(20)7-11)26-9-17(23)21-15-8-12(18(24)25-2)3-5-13(15)19/h3-8H,9H2,1-2H3,(H,21,23). The molecule has 0 aromatic heterocycles. The van der Waals surface area contributed by atoms with Gasteiger partial charge in [0, 0.05) is 10.5 Å². The van der Waals surface area contributed by atoms with Crippen LogP contribution in [0.5, 0.6) is 0 Å². The van der Waals surface area contributed by atoms with Crippen LogP contribution in [-0.4, -0.2) is 30.5 Å². The highest BCUT2D eigenvalue weighted by molar-refractivity contribution is 8.00. The number of Topliss-reactive ketones (excluding diaryl/α,β-unsaturated/α-hetero) is 1. The van der Waals surface area contributed by atoms with Crippen LogP contribution < -0.4 is 5.32 Å². The van der Waals surface area contributed by atoms with E-state index < -0.39 is 23.5 Å². The van der Waals surface area contributed by atoms with Gasteiger partial charge in [0.1, 0.15) is 11.6 Å². The van der Waals surface area contributed by atoms with Gasteiger partial charge in [0.25, 0.3) is 0 Å². The second kappa shape index (κ2) is 8.57. The molecule has 0 fully saturated rings. The summed E-state index contributed by atoms with van der Waals surface area (Å²) in [6.45, 7) is 1.33. The fraction of sp³-hybridized carbons (Fsp3) is 0.167. The number of ketones is 1. The van der Waals surface area contributed by atoms with E-state index in [2.05, 4.69) is 10.1 Å². The topological polar surface area (TPSA) is 72.5 Å². The first kappa shape index (κ1) is 19.6. The lowest BCUT2D eigenvalue weighted by Gasteiger charge is -2.09. The normalized spacial score (nSPS) is 10.3. The van der Waals surface area contributed by atoms with Crippen LogP contribution >= 0.6 is 11.8 Å². The van der Waals surface area contributed by atoms with Gasteiger partial charge in [-0.05, 0) is 37.3 Å². The van der Waals surface area contributed by atoms with Gasteiger partial charge in [0.05, 0.1) is 24.1 Å². The predicted molar refractivity (Wildman–Crippen MR) is 93.5 cm³/mol. The van der Waals surface area contributed by atoms with Crippen molar-refractivity contribution in [2.75, 3.05) is 18.2 Å². The first-order valence-corrected chi connectivity index (χ1v) is 8.41. The van der Waals surface area contributed by atoms with Crippen molar-refractivity contribution in [1.29, 1.82) is 0 Å². The van der Waals surface area contributed by atoms with Crippen molar-refractivity contribution in [1.82, 2.24) is 0 Å². The molecule has 1 amide bonds. The number of halogens is 2. The Morgan fingerprint density at radius 1 is 1.04 bits per heavy atom. The molecule has 5 nitrogen and oxygen atoms in total. The van der Waals surface area contributed by atoms with Crippen molar-refractivity contribution in [3.8, 4) is 0 Å². The first-order valence-electron chi connectivity index (χ1n) is 7.43. The van der Waals surface area contributed by atoms with Crippen molar-refractivity contribution >= 4 is 35.1 Å². The minimum absolute atomic E-state index is 0.0859. The lowest BCUT2D eigenvalue weighted by atomic mass is 10.1. The Labute approximate surface area is 152 Å². The number of carbonyl (C=O) groups excluding carboxylic acids is 3. The van der Waals surface area contributed by atoms with Gasteiger partial charge in [-0.1, -0.05) is 6.07 Å². The molecule has 0 unspecified atom stereocenters. The molecule has 1 N–H and O–H groups in total. The van der Waals surface area contributed by atoms with Crippen LogP contribution in [0.4, 0.5) is 14.5 Å². The quantitative estimate of drug-likeness (QED) is 0.471. The molecule has 0 aliphatic rings. The third-order valence-electron chi connectivity index (χ3n) is 3.36. The van der Waals surface area contributed by atoms with Gasteiger partial charge in [-0.3, -0.25) is 9.59 Å². The number of nitrogens with one attached hydrogen (secondary N) is 1. The summed E-state index contributed by atoms with van der Waals surface area (Å²) in [5.74, 6) is -3.02. The highest BCUT2D eigenvalue weighted by atomic mass is 32.2. The third kappa shape index (κ3) is 4.89. The maximum atomic E-state index is 13.9. The molecule has 0 bridgehead atoms. The Balaban J connectivity index is 2.03. The molecule has 0 spiro atoms. The Morgan fingerprint density at radius 2 is 1.73 bits per heavy atom. The van der Waals surface area contributed by atoms with Gasteiger partial charge in [-0.15, -0.1) is 11.8 Å². The van der Waals surface area contributed by atoms with Crippen LogP contribution in [0.2, 0.25) is 0 Å². The van der Waals surface area contributed by atoms with E-state index >= 15 is 0 Å². The second-order valence-electron chi connectivity index (χ2n) is 5.22. The van der Waals surface area contributed by atoms with E-state index in [-0.39, 0.29) is 33.2 Å². The van der Waals surface area contributed by atoms with Gasteiger partial charge in [0.2, 0.25) is 5.91 Å². The summed E-state index contributed by atoms with van der Waals surface area (Å²) in [7, 11) is 1.19. The Morgan fingerprint density at radius 3 is 2.35 bits per heavy atom. The number of esters is 1. The molecule has 2 aromatic rings. The smallest absolute Gasteiger partial charge is 0.337 e. The van der Waals surface area contributed by atoms with Crippen LogP contribution in [0.25, 0.3) is 0 Å². The molecule has 26 heavy (non-hydrogen) atoms. The lowest BCUT2D eigenvalue weighted by molar-refractivity contribution is -0.113. The summed E-state index contributed by atoms with van der Waals surface area (Å²) in [5.41, 5.74) is 0.145. The first-order chi connectivity index (χ1) is 12.3. The predicted octanol–water partition coefficient (Wildman–Crippen LogP) is 3.68. The van der Waals surface area contributed by atoms with Crippen LogP contribution in [-0.2, 0) is 9.53 Å². The summed E-state index contributed by atoms with van der Waals surface area (Å²) >= 11 is 0.903. The second-order valence-corrected chi connectivity index (χ2v) is 6.24. The van der Waals surface area contributed by atoms with Crippen LogP contribution in [0.15, 0.2) is 41.3 Å². The molecule has 136 valence electrons. The van der Waals surface area contributed by atoms with Crippen molar-refractivity contribution in [3.63, 3.8) is 0 Å². The molecule has 2 rings (SSSR count). The SMILES string of the molecule is COC(=O)c1ccc(F)c(NC(=O)CSc2ccc(C(C)=O)cc2F)c1. The number of amides is 1. The summed E-state index contributed by atoms with van der Waals surface area (Å²) in [5, 5.41) is 2.33. The number of benzene rings is 2. The van der Waals surface area contributed by atoms with Gasteiger partial charge < -0.3 is 10.1 Å². The van der Waals surface area contributed by atoms with Gasteiger partial charge >= 0.3 is 5.97 Å². The van der Waals surface area contributed by atoms with Gasteiger partial charge in [0.15, 0.2) is 5.78 Å². The number of ether oxygens (including phenoxy) is 1. The largest absolute Gasteiger partial charge is 0.465 e. The van der Waals surface area contributed by atoms with Crippen molar-refractivity contribution in [2.24, 2.45) is 0 Å². The molecule has 0 saturated carbocycles. The van der Waals surface area contributed by atoms with Crippen molar-refractivity contribution < 1.29 is 27.9 Å². The Bertz CT molecular complexity index is 870. The monoisotopic (exact) mass is 379 g/mol. The summed E-state index contributed by atoms with van der Waals surface area (Å²) in [6.07, 6.45) is 0. The van der Waals surface area contributed by atoms with Gasteiger partial charge in [-0.25, -0.2) is 13.6 Å². The highest BCUT2D eigenvalue weighted by Gasteiger charge is 2.14. The van der Waals surface area contributed by atoms with Crippen molar-refractivity contribution in [3.05, 3.63) is 59.2 Å². The number of methoxy groups -OCH3 is 1. The molecule has 0 radical (unpaired) electrons. The number of anilines is 1. The molecular weight excluding hydrogens is 364 g/mol. The molecule has 0 saturated heterocycles.